The van der Waals surface area contributed by atoms with E-state index in [0.29, 0.717) is 51.6 Å². The second kappa shape index (κ2) is 11.4. The number of anilines is 5. The SMILES string of the molecule is COc1ccc(Nc2ncc3nc(Nc4ccccc4)n(-c4cccc(NC(=O)OC(C)(C)C)c4)c3n2)c(OC)c1. The molecule has 11 nitrogen and oxygen atoms in total. The molecular formula is C30H31N7O4. The van der Waals surface area contributed by atoms with Gasteiger partial charge in [0.2, 0.25) is 11.9 Å². The molecule has 3 aromatic carbocycles. The Kier molecular flexibility index (Phi) is 7.59. The van der Waals surface area contributed by atoms with E-state index in [0.717, 1.165) is 5.69 Å². The quantitative estimate of drug-likeness (QED) is 0.193. The molecule has 1 amide bonds. The molecule has 0 aliphatic rings. The molecule has 0 fully saturated rings. The number of fused-ring (bicyclic) bond motifs is 1. The van der Waals surface area contributed by atoms with Crippen LogP contribution in [0.1, 0.15) is 20.8 Å². The van der Waals surface area contributed by atoms with Crippen molar-refractivity contribution in [2.45, 2.75) is 26.4 Å². The Hall–Kier alpha value is -5.32. The largest absolute Gasteiger partial charge is 0.497 e. The Morgan fingerprint density at radius 3 is 2.37 bits per heavy atom. The molecule has 0 aliphatic carbocycles. The Morgan fingerprint density at radius 1 is 0.854 bits per heavy atom. The van der Waals surface area contributed by atoms with Crippen molar-refractivity contribution in [2.24, 2.45) is 0 Å². The molecule has 210 valence electrons. The first-order valence-corrected chi connectivity index (χ1v) is 12.9. The molecule has 0 atom stereocenters. The molecule has 0 radical (unpaired) electrons. The summed E-state index contributed by atoms with van der Waals surface area (Å²) in [6.07, 6.45) is 1.10. The van der Waals surface area contributed by atoms with Gasteiger partial charge in [0.15, 0.2) is 5.65 Å². The van der Waals surface area contributed by atoms with Gasteiger partial charge in [-0.25, -0.2) is 14.8 Å². The fourth-order valence-electron chi connectivity index (χ4n) is 4.08. The molecule has 0 saturated carbocycles. The van der Waals surface area contributed by atoms with Crippen LogP contribution in [0.15, 0.2) is 79.0 Å². The number of nitrogens with zero attached hydrogens (tertiary/aromatic N) is 4. The number of carbonyl (C=O) groups is 1. The highest BCUT2D eigenvalue weighted by Gasteiger charge is 2.19. The van der Waals surface area contributed by atoms with Crippen LogP contribution in [-0.2, 0) is 4.74 Å². The van der Waals surface area contributed by atoms with Crippen LogP contribution < -0.4 is 25.4 Å². The van der Waals surface area contributed by atoms with Crippen LogP contribution in [0.4, 0.5) is 33.8 Å². The van der Waals surface area contributed by atoms with Crippen LogP contribution >= 0.6 is 0 Å². The summed E-state index contributed by atoms with van der Waals surface area (Å²) in [5.74, 6) is 2.11. The van der Waals surface area contributed by atoms with Crippen molar-refractivity contribution >= 4 is 46.2 Å². The lowest BCUT2D eigenvalue weighted by Crippen LogP contribution is -2.27. The van der Waals surface area contributed by atoms with Crippen LogP contribution in [0.2, 0.25) is 0 Å². The van der Waals surface area contributed by atoms with Crippen LogP contribution in [0.5, 0.6) is 11.5 Å². The third-order valence-corrected chi connectivity index (χ3v) is 5.83. The van der Waals surface area contributed by atoms with E-state index in [1.165, 1.54) is 0 Å². The Balaban J connectivity index is 1.56. The van der Waals surface area contributed by atoms with E-state index in [-0.39, 0.29) is 0 Å². The highest BCUT2D eigenvalue weighted by molar-refractivity contribution is 5.86. The first-order valence-electron chi connectivity index (χ1n) is 12.9. The van der Waals surface area contributed by atoms with E-state index in [1.807, 2.05) is 86.0 Å². The van der Waals surface area contributed by atoms with Crippen molar-refractivity contribution in [3.05, 3.63) is 79.0 Å². The van der Waals surface area contributed by atoms with Gasteiger partial charge in [-0.3, -0.25) is 9.88 Å². The van der Waals surface area contributed by atoms with E-state index < -0.39 is 11.7 Å². The number of amides is 1. The van der Waals surface area contributed by atoms with Crippen LogP contribution in [-0.4, -0.2) is 45.4 Å². The zero-order valence-electron chi connectivity index (χ0n) is 23.4. The third kappa shape index (κ3) is 6.47. The average molecular weight is 554 g/mol. The second-order valence-corrected chi connectivity index (χ2v) is 10.0. The summed E-state index contributed by atoms with van der Waals surface area (Å²) in [4.78, 5) is 26.5. The van der Waals surface area contributed by atoms with E-state index in [4.69, 9.17) is 24.2 Å². The third-order valence-electron chi connectivity index (χ3n) is 5.83. The number of ether oxygens (including phenoxy) is 3. The predicted octanol–water partition coefficient (Wildman–Crippen LogP) is 6.67. The van der Waals surface area contributed by atoms with Gasteiger partial charge < -0.3 is 24.8 Å². The van der Waals surface area contributed by atoms with Crippen molar-refractivity contribution in [1.82, 2.24) is 19.5 Å². The minimum absolute atomic E-state index is 0.344. The van der Waals surface area contributed by atoms with Crippen LogP contribution in [0, 0.1) is 0 Å². The average Bonchev–Trinajstić information content (AvgIpc) is 3.29. The number of methoxy groups -OCH3 is 2. The topological polar surface area (TPSA) is 124 Å². The molecule has 0 saturated heterocycles. The highest BCUT2D eigenvalue weighted by atomic mass is 16.6. The molecule has 3 N–H and O–H groups in total. The van der Waals surface area contributed by atoms with Gasteiger partial charge in [-0.2, -0.15) is 4.98 Å². The molecule has 0 unspecified atom stereocenters. The maximum absolute atomic E-state index is 12.4. The number of benzene rings is 3. The zero-order valence-corrected chi connectivity index (χ0v) is 23.4. The van der Waals surface area contributed by atoms with Gasteiger partial charge in [-0.1, -0.05) is 24.3 Å². The van der Waals surface area contributed by atoms with Crippen molar-refractivity contribution in [2.75, 3.05) is 30.2 Å². The molecule has 2 heterocycles. The summed E-state index contributed by atoms with van der Waals surface area (Å²) in [5.41, 5.74) is 3.28. The van der Waals surface area contributed by atoms with Crippen LogP contribution in [0.25, 0.3) is 16.9 Å². The van der Waals surface area contributed by atoms with Crippen molar-refractivity contribution < 1.29 is 19.0 Å². The molecule has 41 heavy (non-hydrogen) atoms. The first-order chi connectivity index (χ1) is 19.7. The summed E-state index contributed by atoms with van der Waals surface area (Å²) in [7, 11) is 3.18. The van der Waals surface area contributed by atoms with Crippen molar-refractivity contribution in [3.63, 3.8) is 0 Å². The molecule has 5 rings (SSSR count). The number of rotatable bonds is 8. The molecule has 0 bridgehead atoms. The standard InChI is InChI=1S/C30H31N7O4/c1-30(2,3)41-29(38)33-20-12-9-13-21(16-20)37-26-24(35-28(37)32-19-10-7-6-8-11-19)18-31-27(36-26)34-23-15-14-22(39-4)17-25(23)40-5/h6-18H,1-5H3,(H,32,35)(H,33,38)(H,31,34,36). The Bertz CT molecular complexity index is 1680. The van der Waals surface area contributed by atoms with Gasteiger partial charge in [0.1, 0.15) is 22.6 Å². The lowest BCUT2D eigenvalue weighted by molar-refractivity contribution is 0.0636. The van der Waals surface area contributed by atoms with E-state index >= 15 is 0 Å². The first kappa shape index (κ1) is 27.3. The lowest BCUT2D eigenvalue weighted by Gasteiger charge is -2.20. The predicted molar refractivity (Wildman–Crippen MR) is 159 cm³/mol. The summed E-state index contributed by atoms with van der Waals surface area (Å²) >= 11 is 0. The fourth-order valence-corrected chi connectivity index (χ4v) is 4.08. The molecule has 0 spiro atoms. The van der Waals surface area contributed by atoms with Gasteiger partial charge in [-0.15, -0.1) is 0 Å². The maximum atomic E-state index is 12.4. The maximum Gasteiger partial charge on any atom is 0.412 e. The van der Waals surface area contributed by atoms with Gasteiger partial charge in [0, 0.05) is 17.4 Å². The number of nitrogens with one attached hydrogen (secondary N) is 3. The highest BCUT2D eigenvalue weighted by Crippen LogP contribution is 2.32. The van der Waals surface area contributed by atoms with E-state index in [1.54, 1.807) is 32.5 Å². The number of imidazole rings is 1. The summed E-state index contributed by atoms with van der Waals surface area (Å²) < 4.78 is 18.1. The molecular weight excluding hydrogens is 522 g/mol. The van der Waals surface area contributed by atoms with Gasteiger partial charge >= 0.3 is 6.09 Å². The number of para-hydroxylation sites is 1. The Morgan fingerprint density at radius 2 is 1.63 bits per heavy atom. The van der Waals surface area contributed by atoms with Crippen molar-refractivity contribution in [1.29, 1.82) is 0 Å². The smallest absolute Gasteiger partial charge is 0.412 e. The van der Waals surface area contributed by atoms with Crippen molar-refractivity contribution in [3.8, 4) is 17.2 Å². The zero-order chi connectivity index (χ0) is 29.0. The number of hydrogen-bond acceptors (Lipinski definition) is 9. The van der Waals surface area contributed by atoms with E-state index in [2.05, 4.69) is 20.9 Å². The van der Waals surface area contributed by atoms with Gasteiger partial charge in [-0.05, 0) is 63.2 Å². The number of hydrogen-bond donors (Lipinski definition) is 3. The Labute approximate surface area is 237 Å². The van der Waals surface area contributed by atoms with E-state index in [9.17, 15) is 4.79 Å². The normalized spacial score (nSPS) is 11.1. The fraction of sp³-hybridized carbons (Fsp3) is 0.200. The number of aromatic nitrogens is 4. The second-order valence-electron chi connectivity index (χ2n) is 10.0. The van der Waals surface area contributed by atoms with Gasteiger partial charge in [0.25, 0.3) is 0 Å². The summed E-state index contributed by atoms with van der Waals surface area (Å²) in [6, 6.07) is 22.5. The summed E-state index contributed by atoms with van der Waals surface area (Å²) in [6.45, 7) is 5.44. The lowest BCUT2D eigenvalue weighted by atomic mass is 10.2. The molecule has 0 aliphatic heterocycles. The van der Waals surface area contributed by atoms with Crippen LogP contribution in [0.3, 0.4) is 0 Å². The number of carbonyl (C=O) groups excluding carboxylic acids is 1. The minimum Gasteiger partial charge on any atom is -0.497 e. The molecule has 2 aromatic heterocycles. The monoisotopic (exact) mass is 553 g/mol. The molecule has 5 aromatic rings. The summed E-state index contributed by atoms with van der Waals surface area (Å²) in [5, 5.41) is 9.39. The molecule has 11 heteroatoms. The van der Waals surface area contributed by atoms with Gasteiger partial charge in [0.05, 0.1) is 31.8 Å². The minimum atomic E-state index is -0.623.